The SMILES string of the molecule is CC(=N[S@+]([O-])C(C)(C)C)c1cc(C)cc2c(=O)n(C)c(C34CC(C3)C4)nc12. The van der Waals surface area contributed by atoms with Crippen molar-refractivity contribution in [3.8, 4) is 0 Å². The Balaban J connectivity index is 1.93. The first-order valence-electron chi connectivity index (χ1n) is 9.51. The smallest absolute Gasteiger partial charge is 0.261 e. The van der Waals surface area contributed by atoms with E-state index in [-0.39, 0.29) is 11.0 Å². The molecule has 0 saturated heterocycles. The number of hydrogen-bond donors (Lipinski definition) is 0. The number of hydrogen-bond acceptors (Lipinski definition) is 4. The van der Waals surface area contributed by atoms with Gasteiger partial charge in [0.2, 0.25) is 0 Å². The van der Waals surface area contributed by atoms with Crippen molar-refractivity contribution in [2.45, 2.75) is 64.0 Å². The lowest BCUT2D eigenvalue weighted by Crippen LogP contribution is -2.57. The molecule has 0 radical (unpaired) electrons. The Kier molecular flexibility index (Phi) is 4.10. The molecule has 0 unspecified atom stereocenters. The molecule has 0 N–H and O–H groups in total. The summed E-state index contributed by atoms with van der Waals surface area (Å²) in [7, 11) is 1.84. The van der Waals surface area contributed by atoms with Gasteiger partial charge in [-0.2, -0.15) is 0 Å². The monoisotopic (exact) mass is 385 g/mol. The average Bonchev–Trinajstić information content (AvgIpc) is 2.48. The minimum absolute atomic E-state index is 0.00517. The standard InChI is InChI=1S/C21H27N3O2S/c1-12-7-15(13(2)23-27(26)20(3,4)5)17-16(8-12)18(25)24(6)19(22-17)21-9-14(10-21)11-21/h7-8,14H,9-11H2,1-6H3/t14?,21?,27-/m1/s1. The zero-order chi connectivity index (χ0) is 19.7. The van der Waals surface area contributed by atoms with Crippen LogP contribution in [-0.2, 0) is 23.8 Å². The fourth-order valence-electron chi connectivity index (χ4n) is 4.33. The lowest BCUT2D eigenvalue weighted by molar-refractivity contribution is -0.0373. The van der Waals surface area contributed by atoms with E-state index >= 15 is 0 Å². The molecule has 3 aliphatic rings. The summed E-state index contributed by atoms with van der Waals surface area (Å²) in [6, 6.07) is 3.90. The van der Waals surface area contributed by atoms with Crippen LogP contribution in [0.1, 0.15) is 63.9 Å². The molecule has 144 valence electrons. The molecular weight excluding hydrogens is 358 g/mol. The Morgan fingerprint density at radius 3 is 2.48 bits per heavy atom. The second kappa shape index (κ2) is 5.92. The van der Waals surface area contributed by atoms with Gasteiger partial charge in [-0.25, -0.2) is 4.98 Å². The van der Waals surface area contributed by atoms with Gasteiger partial charge in [0.15, 0.2) is 0 Å². The van der Waals surface area contributed by atoms with Crippen molar-refractivity contribution in [2.24, 2.45) is 17.4 Å². The van der Waals surface area contributed by atoms with Gasteiger partial charge in [-0.1, -0.05) is 4.40 Å². The molecule has 1 aromatic carbocycles. The van der Waals surface area contributed by atoms with Crippen molar-refractivity contribution in [3.63, 3.8) is 0 Å². The molecule has 1 atom stereocenters. The van der Waals surface area contributed by atoms with Crippen LogP contribution in [0.4, 0.5) is 0 Å². The first-order valence-corrected chi connectivity index (χ1v) is 10.6. The molecule has 6 heteroatoms. The van der Waals surface area contributed by atoms with Gasteiger partial charge in [0.1, 0.15) is 21.9 Å². The van der Waals surface area contributed by atoms with Crippen molar-refractivity contribution in [1.29, 1.82) is 0 Å². The fraction of sp³-hybridized carbons (Fsp3) is 0.571. The Labute approximate surface area is 163 Å². The van der Waals surface area contributed by atoms with Gasteiger partial charge >= 0.3 is 0 Å². The molecule has 3 aliphatic carbocycles. The molecule has 1 heterocycles. The molecule has 2 aromatic rings. The van der Waals surface area contributed by atoms with E-state index in [9.17, 15) is 9.35 Å². The van der Waals surface area contributed by atoms with Crippen molar-refractivity contribution < 1.29 is 4.55 Å². The number of rotatable bonds is 3. The summed E-state index contributed by atoms with van der Waals surface area (Å²) in [5.74, 6) is 1.71. The summed E-state index contributed by atoms with van der Waals surface area (Å²) in [5.41, 5.74) is 3.24. The minimum atomic E-state index is -1.36. The Morgan fingerprint density at radius 1 is 1.33 bits per heavy atom. The first kappa shape index (κ1) is 18.7. The normalized spacial score (nSPS) is 25.9. The highest BCUT2D eigenvalue weighted by atomic mass is 32.2. The van der Waals surface area contributed by atoms with Crippen LogP contribution in [0.15, 0.2) is 21.3 Å². The largest absolute Gasteiger partial charge is 0.591 e. The van der Waals surface area contributed by atoms with Gasteiger partial charge in [0, 0.05) is 18.0 Å². The van der Waals surface area contributed by atoms with Crippen LogP contribution in [0.3, 0.4) is 0 Å². The highest BCUT2D eigenvalue weighted by molar-refractivity contribution is 7.91. The first-order chi connectivity index (χ1) is 12.5. The molecule has 1 aromatic heterocycles. The van der Waals surface area contributed by atoms with Gasteiger partial charge in [-0.3, -0.25) is 9.36 Å². The van der Waals surface area contributed by atoms with Gasteiger partial charge in [0.05, 0.1) is 16.6 Å². The summed E-state index contributed by atoms with van der Waals surface area (Å²) in [5, 5.41) is 0.610. The van der Waals surface area contributed by atoms with E-state index in [4.69, 9.17) is 4.98 Å². The second-order valence-corrected chi connectivity index (χ2v) is 11.2. The zero-order valence-corrected chi connectivity index (χ0v) is 17.7. The molecule has 5 rings (SSSR count). The van der Waals surface area contributed by atoms with E-state index in [0.29, 0.717) is 16.6 Å². The summed E-state index contributed by atoms with van der Waals surface area (Å²) < 4.78 is 18.3. The van der Waals surface area contributed by atoms with Crippen LogP contribution >= 0.6 is 0 Å². The van der Waals surface area contributed by atoms with Crippen molar-refractivity contribution in [1.82, 2.24) is 9.55 Å². The average molecular weight is 386 g/mol. The van der Waals surface area contributed by atoms with Gasteiger partial charge < -0.3 is 4.55 Å². The fourth-order valence-corrected chi connectivity index (χ4v) is 4.95. The van der Waals surface area contributed by atoms with E-state index < -0.39 is 16.1 Å². The predicted molar refractivity (Wildman–Crippen MR) is 111 cm³/mol. The molecule has 5 nitrogen and oxygen atoms in total. The van der Waals surface area contributed by atoms with Crippen LogP contribution in [0.2, 0.25) is 0 Å². The maximum Gasteiger partial charge on any atom is 0.261 e. The molecule has 0 aliphatic heterocycles. The van der Waals surface area contributed by atoms with Crippen molar-refractivity contribution in [3.05, 3.63) is 39.4 Å². The van der Waals surface area contributed by atoms with E-state index in [1.807, 2.05) is 53.8 Å². The lowest BCUT2D eigenvalue weighted by Gasteiger charge is -2.61. The van der Waals surface area contributed by atoms with Crippen molar-refractivity contribution in [2.75, 3.05) is 0 Å². The van der Waals surface area contributed by atoms with E-state index in [0.717, 1.165) is 42.1 Å². The molecule has 0 amide bonds. The third-order valence-electron chi connectivity index (χ3n) is 5.97. The Bertz CT molecular complexity index is 1020. The van der Waals surface area contributed by atoms with Crippen molar-refractivity contribution >= 4 is 28.0 Å². The number of aromatic nitrogens is 2. The van der Waals surface area contributed by atoms with Gasteiger partial charge in [-0.15, -0.1) is 0 Å². The molecule has 0 spiro atoms. The third kappa shape index (κ3) is 2.85. The number of aryl methyl sites for hydroxylation is 1. The lowest BCUT2D eigenvalue weighted by atomic mass is 9.44. The maximum atomic E-state index is 13.1. The minimum Gasteiger partial charge on any atom is -0.591 e. The summed E-state index contributed by atoms with van der Waals surface area (Å²) >= 11 is -1.36. The molecule has 27 heavy (non-hydrogen) atoms. The van der Waals surface area contributed by atoms with Crippen LogP contribution in [0.25, 0.3) is 10.9 Å². The number of benzene rings is 1. The van der Waals surface area contributed by atoms with Crippen LogP contribution in [0, 0.1) is 12.8 Å². The van der Waals surface area contributed by atoms with E-state index in [1.165, 1.54) is 0 Å². The third-order valence-corrected chi connectivity index (χ3v) is 7.46. The highest BCUT2D eigenvalue weighted by Crippen LogP contribution is 2.64. The summed E-state index contributed by atoms with van der Waals surface area (Å²) in [6.45, 7) is 9.54. The van der Waals surface area contributed by atoms with Crippen LogP contribution < -0.4 is 5.56 Å². The van der Waals surface area contributed by atoms with E-state index in [1.54, 1.807) is 4.57 Å². The zero-order valence-electron chi connectivity index (χ0n) is 16.9. The van der Waals surface area contributed by atoms with Crippen LogP contribution in [-0.4, -0.2) is 24.6 Å². The summed E-state index contributed by atoms with van der Waals surface area (Å²) in [4.78, 5) is 18.1. The summed E-state index contributed by atoms with van der Waals surface area (Å²) in [6.07, 6.45) is 3.42. The topological polar surface area (TPSA) is 70.3 Å². The molecule has 3 fully saturated rings. The Morgan fingerprint density at radius 2 is 1.96 bits per heavy atom. The predicted octanol–water partition coefficient (Wildman–Crippen LogP) is 3.56. The molecule has 3 saturated carbocycles. The number of fused-ring (bicyclic) bond motifs is 1. The second-order valence-electron chi connectivity index (χ2n) is 9.31. The van der Waals surface area contributed by atoms with Gasteiger partial charge in [0.25, 0.3) is 5.56 Å². The number of nitrogens with zero attached hydrogens (tertiary/aromatic N) is 3. The molecular formula is C21H27N3O2S. The maximum absolute atomic E-state index is 13.1. The van der Waals surface area contributed by atoms with E-state index in [2.05, 4.69) is 4.40 Å². The van der Waals surface area contributed by atoms with Gasteiger partial charge in [-0.05, 0) is 77.5 Å². The molecule has 2 bridgehead atoms. The Hall–Kier alpha value is -1.66. The highest BCUT2D eigenvalue weighted by Gasteiger charge is 2.59. The van der Waals surface area contributed by atoms with Crippen LogP contribution in [0.5, 0.6) is 0 Å². The quantitative estimate of drug-likeness (QED) is 0.599.